The van der Waals surface area contributed by atoms with Gasteiger partial charge in [0.2, 0.25) is 0 Å². The van der Waals surface area contributed by atoms with Gasteiger partial charge in [-0.1, -0.05) is 31.5 Å². The van der Waals surface area contributed by atoms with E-state index in [1.165, 1.54) is 5.56 Å². The van der Waals surface area contributed by atoms with Gasteiger partial charge in [-0.3, -0.25) is 0 Å². The molecule has 0 aromatic heterocycles. The average molecular weight is 241 g/mol. The summed E-state index contributed by atoms with van der Waals surface area (Å²) in [5.41, 5.74) is 2.35. The Morgan fingerprint density at radius 2 is 2.06 bits per heavy atom. The molecule has 0 aliphatic rings. The third-order valence-corrected chi connectivity index (χ3v) is 2.86. The van der Waals surface area contributed by atoms with Crippen LogP contribution in [0.1, 0.15) is 25.8 Å². The van der Waals surface area contributed by atoms with Crippen LogP contribution in [-0.4, -0.2) is 20.1 Å². The fraction of sp³-hybridized carbons (Fsp3) is 0.538. The average Bonchev–Trinajstić information content (AvgIpc) is 2.26. The summed E-state index contributed by atoms with van der Waals surface area (Å²) in [7, 11) is 2.08. The van der Waals surface area contributed by atoms with Crippen molar-refractivity contribution in [3.8, 4) is 0 Å². The summed E-state index contributed by atoms with van der Waals surface area (Å²) in [6, 6.07) is 6.28. The number of hydrogen-bond acceptors (Lipinski definition) is 2. The van der Waals surface area contributed by atoms with Gasteiger partial charge in [-0.15, -0.1) is 0 Å². The Labute approximate surface area is 104 Å². The van der Waals surface area contributed by atoms with Crippen LogP contribution in [0.25, 0.3) is 0 Å². The maximum absolute atomic E-state index is 6.27. The highest BCUT2D eigenvalue weighted by molar-refractivity contribution is 6.33. The van der Waals surface area contributed by atoms with Gasteiger partial charge in [-0.05, 0) is 30.7 Å². The van der Waals surface area contributed by atoms with Gasteiger partial charge in [0, 0.05) is 20.1 Å². The van der Waals surface area contributed by atoms with Crippen molar-refractivity contribution in [3.63, 3.8) is 0 Å². The van der Waals surface area contributed by atoms with E-state index in [9.17, 15) is 0 Å². The van der Waals surface area contributed by atoms with Gasteiger partial charge in [-0.2, -0.15) is 0 Å². The summed E-state index contributed by atoms with van der Waals surface area (Å²) in [6.07, 6.45) is 1.13. The van der Waals surface area contributed by atoms with Crippen molar-refractivity contribution in [2.75, 3.05) is 25.0 Å². The Bertz CT molecular complexity index is 326. The minimum Gasteiger partial charge on any atom is -0.373 e. The second kappa shape index (κ2) is 6.77. The lowest BCUT2D eigenvalue weighted by atomic mass is 10.2. The first-order chi connectivity index (χ1) is 7.69. The first kappa shape index (κ1) is 13.3. The molecule has 0 aliphatic heterocycles. The molecule has 0 saturated carbocycles. The number of rotatable bonds is 6. The molecule has 0 saturated heterocycles. The monoisotopic (exact) mass is 240 g/mol. The van der Waals surface area contributed by atoms with Crippen molar-refractivity contribution < 1.29 is 0 Å². The predicted molar refractivity (Wildman–Crippen MR) is 72.4 cm³/mol. The molecule has 90 valence electrons. The minimum atomic E-state index is 0.839. The highest BCUT2D eigenvalue weighted by atomic mass is 35.5. The van der Waals surface area contributed by atoms with E-state index < -0.39 is 0 Å². The summed E-state index contributed by atoms with van der Waals surface area (Å²) in [6.45, 7) is 7.17. The third kappa shape index (κ3) is 3.69. The van der Waals surface area contributed by atoms with Crippen molar-refractivity contribution in [3.05, 3.63) is 28.8 Å². The maximum Gasteiger partial charge on any atom is 0.0642 e. The number of hydrogen-bond donors (Lipinski definition) is 1. The number of benzene rings is 1. The van der Waals surface area contributed by atoms with Crippen LogP contribution in [-0.2, 0) is 6.54 Å². The molecule has 16 heavy (non-hydrogen) atoms. The Morgan fingerprint density at radius 3 is 2.62 bits per heavy atom. The van der Waals surface area contributed by atoms with Gasteiger partial charge >= 0.3 is 0 Å². The second-order valence-electron chi connectivity index (χ2n) is 3.99. The molecule has 0 spiro atoms. The largest absolute Gasteiger partial charge is 0.373 e. The molecule has 2 nitrogen and oxygen atoms in total. The van der Waals surface area contributed by atoms with Crippen LogP contribution in [0.5, 0.6) is 0 Å². The molecule has 1 aromatic carbocycles. The number of halogens is 1. The lowest BCUT2D eigenvalue weighted by Gasteiger charge is -2.20. The minimum absolute atomic E-state index is 0.839. The molecule has 0 unspecified atom stereocenters. The van der Waals surface area contributed by atoms with Gasteiger partial charge in [-0.25, -0.2) is 0 Å². The molecule has 1 aromatic rings. The second-order valence-corrected chi connectivity index (χ2v) is 4.39. The van der Waals surface area contributed by atoms with Gasteiger partial charge in [0.25, 0.3) is 0 Å². The fourth-order valence-electron chi connectivity index (χ4n) is 1.70. The van der Waals surface area contributed by atoms with E-state index in [0.717, 1.165) is 36.8 Å². The highest BCUT2D eigenvalue weighted by Gasteiger charge is 2.05. The lowest BCUT2D eigenvalue weighted by molar-refractivity contribution is 0.726. The summed E-state index contributed by atoms with van der Waals surface area (Å²) >= 11 is 6.27. The smallest absolute Gasteiger partial charge is 0.0642 e. The fourth-order valence-corrected chi connectivity index (χ4v) is 2.04. The van der Waals surface area contributed by atoms with Crippen molar-refractivity contribution in [1.29, 1.82) is 0 Å². The third-order valence-electron chi connectivity index (χ3n) is 2.56. The van der Waals surface area contributed by atoms with Crippen molar-refractivity contribution in [2.24, 2.45) is 0 Å². The molecule has 0 atom stereocenters. The van der Waals surface area contributed by atoms with E-state index >= 15 is 0 Å². The van der Waals surface area contributed by atoms with Crippen LogP contribution >= 0.6 is 11.6 Å². The molecule has 0 aliphatic carbocycles. The molecule has 0 amide bonds. The molecule has 0 fully saturated rings. The van der Waals surface area contributed by atoms with Crippen LogP contribution in [0.4, 0.5) is 5.69 Å². The van der Waals surface area contributed by atoms with E-state index in [4.69, 9.17) is 11.6 Å². The number of nitrogens with zero attached hydrogens (tertiary/aromatic N) is 1. The maximum atomic E-state index is 6.27. The van der Waals surface area contributed by atoms with E-state index in [-0.39, 0.29) is 0 Å². The Hall–Kier alpha value is -0.730. The molecular weight excluding hydrogens is 220 g/mol. The standard InChI is InChI=1S/C13H21ClN2/c1-4-8-16(3)13-7-6-11(9-12(13)14)10-15-5-2/h6-7,9,15H,4-5,8,10H2,1-3H3. The number of anilines is 1. The van der Waals surface area contributed by atoms with Gasteiger partial charge in [0.05, 0.1) is 10.7 Å². The zero-order valence-corrected chi connectivity index (χ0v) is 11.1. The Morgan fingerprint density at radius 1 is 1.31 bits per heavy atom. The van der Waals surface area contributed by atoms with Gasteiger partial charge < -0.3 is 10.2 Å². The molecule has 0 bridgehead atoms. The van der Waals surface area contributed by atoms with E-state index in [1.807, 2.05) is 6.07 Å². The molecule has 1 rings (SSSR count). The summed E-state index contributed by atoms with van der Waals surface area (Å²) in [5.74, 6) is 0. The summed E-state index contributed by atoms with van der Waals surface area (Å²) < 4.78 is 0. The van der Waals surface area contributed by atoms with Gasteiger partial charge in [0.1, 0.15) is 0 Å². The Balaban J connectivity index is 2.74. The zero-order valence-electron chi connectivity index (χ0n) is 10.4. The topological polar surface area (TPSA) is 15.3 Å². The first-order valence-corrected chi connectivity index (χ1v) is 6.27. The SMILES string of the molecule is CCCN(C)c1ccc(CNCC)cc1Cl. The van der Waals surface area contributed by atoms with Crippen molar-refractivity contribution in [1.82, 2.24) is 5.32 Å². The van der Waals surface area contributed by atoms with E-state index in [1.54, 1.807) is 0 Å². The van der Waals surface area contributed by atoms with Crippen LogP contribution in [0.2, 0.25) is 5.02 Å². The molecule has 0 heterocycles. The lowest BCUT2D eigenvalue weighted by Crippen LogP contribution is -2.18. The highest BCUT2D eigenvalue weighted by Crippen LogP contribution is 2.26. The molecule has 0 radical (unpaired) electrons. The predicted octanol–water partition coefficient (Wildman–Crippen LogP) is 3.30. The summed E-state index contributed by atoms with van der Waals surface area (Å²) in [4.78, 5) is 2.19. The first-order valence-electron chi connectivity index (χ1n) is 5.89. The molecule has 3 heteroatoms. The zero-order chi connectivity index (χ0) is 12.0. The van der Waals surface area contributed by atoms with Crippen LogP contribution < -0.4 is 10.2 Å². The van der Waals surface area contributed by atoms with Crippen molar-refractivity contribution in [2.45, 2.75) is 26.8 Å². The van der Waals surface area contributed by atoms with Crippen LogP contribution in [0, 0.1) is 0 Å². The molecular formula is C13H21ClN2. The Kier molecular flexibility index (Phi) is 5.64. The number of nitrogens with one attached hydrogen (secondary N) is 1. The van der Waals surface area contributed by atoms with Crippen molar-refractivity contribution >= 4 is 17.3 Å². The molecule has 1 N–H and O–H groups in total. The van der Waals surface area contributed by atoms with Gasteiger partial charge in [0.15, 0.2) is 0 Å². The van der Waals surface area contributed by atoms with E-state index in [0.29, 0.717) is 0 Å². The van der Waals surface area contributed by atoms with E-state index in [2.05, 4.69) is 43.2 Å². The van der Waals surface area contributed by atoms with Crippen LogP contribution in [0.15, 0.2) is 18.2 Å². The normalized spacial score (nSPS) is 10.5. The summed E-state index contributed by atoms with van der Waals surface area (Å²) in [5, 5.41) is 4.13. The quantitative estimate of drug-likeness (QED) is 0.821. The van der Waals surface area contributed by atoms with Crippen LogP contribution in [0.3, 0.4) is 0 Å².